The van der Waals surface area contributed by atoms with Gasteiger partial charge in [-0.15, -0.1) is 0 Å². The van der Waals surface area contributed by atoms with Crippen molar-refractivity contribution in [3.8, 4) is 5.75 Å². The van der Waals surface area contributed by atoms with Crippen molar-refractivity contribution >= 4 is 5.76 Å². The van der Waals surface area contributed by atoms with Gasteiger partial charge in [-0.3, -0.25) is 0 Å². The molecule has 0 saturated heterocycles. The molecule has 0 atom stereocenters. The van der Waals surface area contributed by atoms with Crippen LogP contribution < -0.4 is 0 Å². The lowest BCUT2D eigenvalue weighted by atomic mass is 9.78. The highest BCUT2D eigenvalue weighted by Crippen LogP contribution is 2.41. The molecule has 0 aliphatic rings. The SMILES string of the molecule is C=C(OCCCCCCCCCCCCCCCCCC)c1cc(C(C)(C)C)c(O)c(C(C)(C)C)c1. The Morgan fingerprint density at radius 3 is 1.31 bits per heavy atom. The van der Waals surface area contributed by atoms with Crippen molar-refractivity contribution < 1.29 is 9.84 Å². The van der Waals surface area contributed by atoms with Crippen LogP contribution in [0, 0.1) is 0 Å². The molecular formula is C34H60O2. The number of ether oxygens (including phenoxy) is 1. The fourth-order valence-electron chi connectivity index (χ4n) is 4.87. The zero-order valence-corrected chi connectivity index (χ0v) is 25.2. The van der Waals surface area contributed by atoms with Crippen LogP contribution in [0.5, 0.6) is 5.75 Å². The first-order valence-corrected chi connectivity index (χ1v) is 15.2. The van der Waals surface area contributed by atoms with Gasteiger partial charge >= 0.3 is 0 Å². The summed E-state index contributed by atoms with van der Waals surface area (Å²) in [5.74, 6) is 1.12. The van der Waals surface area contributed by atoms with Crippen molar-refractivity contribution in [2.75, 3.05) is 6.61 Å². The Morgan fingerprint density at radius 1 is 0.639 bits per heavy atom. The maximum absolute atomic E-state index is 10.9. The predicted octanol–water partition coefficient (Wildman–Crippen LogP) is 11.2. The highest BCUT2D eigenvalue weighted by Gasteiger charge is 2.27. The fraction of sp³-hybridized carbons (Fsp3) is 0.765. The normalized spacial score (nSPS) is 12.2. The number of rotatable bonds is 19. The van der Waals surface area contributed by atoms with E-state index in [1.165, 1.54) is 96.3 Å². The van der Waals surface area contributed by atoms with E-state index in [1.807, 2.05) is 0 Å². The number of unbranched alkanes of at least 4 members (excludes halogenated alkanes) is 15. The lowest BCUT2D eigenvalue weighted by Crippen LogP contribution is -2.18. The summed E-state index contributed by atoms with van der Waals surface area (Å²) in [4.78, 5) is 0. The van der Waals surface area contributed by atoms with Crippen molar-refractivity contribution in [2.45, 2.75) is 162 Å². The van der Waals surface area contributed by atoms with Gasteiger partial charge in [0.2, 0.25) is 0 Å². The third kappa shape index (κ3) is 13.2. The van der Waals surface area contributed by atoms with Crippen molar-refractivity contribution in [1.29, 1.82) is 0 Å². The van der Waals surface area contributed by atoms with Crippen LogP contribution in [0.4, 0.5) is 0 Å². The van der Waals surface area contributed by atoms with Crippen LogP contribution >= 0.6 is 0 Å². The molecule has 1 N–H and O–H groups in total. The Bertz CT molecular complexity index is 698. The minimum atomic E-state index is -0.145. The van der Waals surface area contributed by atoms with E-state index in [-0.39, 0.29) is 10.8 Å². The minimum Gasteiger partial charge on any atom is -0.507 e. The van der Waals surface area contributed by atoms with Gasteiger partial charge in [-0.2, -0.15) is 0 Å². The van der Waals surface area contributed by atoms with E-state index in [0.717, 1.165) is 23.1 Å². The van der Waals surface area contributed by atoms with Crippen LogP contribution in [0.25, 0.3) is 5.76 Å². The monoisotopic (exact) mass is 500 g/mol. The lowest BCUT2D eigenvalue weighted by Gasteiger charge is -2.28. The summed E-state index contributed by atoms with van der Waals surface area (Å²) >= 11 is 0. The molecule has 36 heavy (non-hydrogen) atoms. The van der Waals surface area contributed by atoms with E-state index < -0.39 is 0 Å². The van der Waals surface area contributed by atoms with E-state index in [9.17, 15) is 5.11 Å². The fourth-order valence-corrected chi connectivity index (χ4v) is 4.87. The van der Waals surface area contributed by atoms with Crippen molar-refractivity contribution in [3.05, 3.63) is 35.4 Å². The first kappa shape index (κ1) is 32.6. The molecule has 208 valence electrons. The second-order valence-electron chi connectivity index (χ2n) is 13.0. The molecule has 0 aliphatic heterocycles. The molecule has 0 saturated carbocycles. The first-order chi connectivity index (χ1) is 17.0. The number of phenolic OH excluding ortho intramolecular Hbond substituents is 1. The number of hydrogen-bond acceptors (Lipinski definition) is 2. The molecule has 0 amide bonds. The number of benzene rings is 1. The van der Waals surface area contributed by atoms with Gasteiger partial charge in [0.25, 0.3) is 0 Å². The van der Waals surface area contributed by atoms with E-state index in [2.05, 4.69) is 67.2 Å². The quantitative estimate of drug-likeness (QED) is 0.151. The number of phenols is 1. The van der Waals surface area contributed by atoms with Crippen LogP contribution in [0.2, 0.25) is 0 Å². The van der Waals surface area contributed by atoms with Gasteiger partial charge in [0.15, 0.2) is 0 Å². The van der Waals surface area contributed by atoms with Gasteiger partial charge in [0.05, 0.1) is 6.61 Å². The van der Waals surface area contributed by atoms with E-state index in [0.29, 0.717) is 18.1 Å². The van der Waals surface area contributed by atoms with Gasteiger partial charge in [0.1, 0.15) is 11.5 Å². The summed E-state index contributed by atoms with van der Waals surface area (Å²) in [6.45, 7) is 20.0. The molecule has 0 aromatic heterocycles. The second kappa shape index (κ2) is 17.1. The van der Waals surface area contributed by atoms with Crippen LogP contribution in [0.3, 0.4) is 0 Å². The molecule has 0 radical (unpaired) electrons. The molecule has 2 heteroatoms. The zero-order chi connectivity index (χ0) is 27.0. The van der Waals surface area contributed by atoms with Crippen molar-refractivity contribution in [3.63, 3.8) is 0 Å². The Balaban J connectivity index is 2.20. The average molecular weight is 501 g/mol. The maximum atomic E-state index is 10.9. The summed E-state index contributed by atoms with van der Waals surface area (Å²) in [5, 5.41) is 10.9. The standard InChI is InChI=1S/C34H60O2/c1-9-10-11-12-13-14-15-16-17-18-19-20-21-22-23-24-25-36-28(2)29-26-30(33(3,4)5)32(35)31(27-29)34(6,7)8/h26-27,35H,2,9-25H2,1,3-8H3. The third-order valence-corrected chi connectivity index (χ3v) is 7.32. The molecule has 2 nitrogen and oxygen atoms in total. The van der Waals surface area contributed by atoms with E-state index >= 15 is 0 Å². The molecule has 1 aromatic carbocycles. The van der Waals surface area contributed by atoms with Gasteiger partial charge in [-0.05, 0) is 29.4 Å². The summed E-state index contributed by atoms with van der Waals surface area (Å²) in [5.41, 5.74) is 2.61. The predicted molar refractivity (Wildman–Crippen MR) is 160 cm³/mol. The number of hydrogen-bond donors (Lipinski definition) is 1. The maximum Gasteiger partial charge on any atom is 0.123 e. The van der Waals surface area contributed by atoms with Crippen LogP contribution in [0.1, 0.15) is 168 Å². The summed E-state index contributed by atoms with van der Waals surface area (Å²) in [6, 6.07) is 4.11. The summed E-state index contributed by atoms with van der Waals surface area (Å²) in [7, 11) is 0. The zero-order valence-electron chi connectivity index (χ0n) is 25.2. The third-order valence-electron chi connectivity index (χ3n) is 7.32. The van der Waals surface area contributed by atoms with Crippen molar-refractivity contribution in [1.82, 2.24) is 0 Å². The highest BCUT2D eigenvalue weighted by molar-refractivity contribution is 5.63. The molecule has 1 aromatic rings. The number of aromatic hydroxyl groups is 1. The van der Waals surface area contributed by atoms with Crippen molar-refractivity contribution in [2.24, 2.45) is 0 Å². The van der Waals surface area contributed by atoms with E-state index in [1.54, 1.807) is 0 Å². The smallest absolute Gasteiger partial charge is 0.123 e. The molecule has 0 heterocycles. The first-order valence-electron chi connectivity index (χ1n) is 15.2. The Labute approximate surface area is 225 Å². The van der Waals surface area contributed by atoms with Gasteiger partial charge < -0.3 is 9.84 Å². The molecule has 0 bridgehead atoms. The van der Waals surface area contributed by atoms with Gasteiger partial charge in [-0.25, -0.2) is 0 Å². The largest absolute Gasteiger partial charge is 0.507 e. The minimum absolute atomic E-state index is 0.145. The molecule has 1 rings (SSSR count). The topological polar surface area (TPSA) is 29.5 Å². The highest BCUT2D eigenvalue weighted by atomic mass is 16.5. The molecule has 0 unspecified atom stereocenters. The summed E-state index contributed by atoms with van der Waals surface area (Å²) < 4.78 is 6.05. The van der Waals surface area contributed by atoms with Crippen LogP contribution in [-0.4, -0.2) is 11.7 Å². The Kier molecular flexibility index (Phi) is 15.5. The molecule has 0 spiro atoms. The Morgan fingerprint density at radius 2 is 0.972 bits per heavy atom. The second-order valence-corrected chi connectivity index (χ2v) is 13.0. The lowest BCUT2D eigenvalue weighted by molar-refractivity contribution is 0.267. The Hall–Kier alpha value is -1.44. The average Bonchev–Trinajstić information content (AvgIpc) is 2.79. The van der Waals surface area contributed by atoms with E-state index in [4.69, 9.17) is 4.74 Å². The molecule has 0 fully saturated rings. The molecular weight excluding hydrogens is 440 g/mol. The summed E-state index contributed by atoms with van der Waals surface area (Å²) in [6.07, 6.45) is 22.0. The van der Waals surface area contributed by atoms with Crippen LogP contribution in [0.15, 0.2) is 18.7 Å². The van der Waals surface area contributed by atoms with Crippen LogP contribution in [-0.2, 0) is 15.6 Å². The molecule has 0 aliphatic carbocycles. The van der Waals surface area contributed by atoms with Gasteiger partial charge in [0, 0.05) is 16.7 Å². The van der Waals surface area contributed by atoms with Gasteiger partial charge in [-0.1, -0.05) is 151 Å².